The number of alkyl halides is 3. The van der Waals surface area contributed by atoms with Crippen molar-refractivity contribution in [2.75, 3.05) is 11.9 Å². The Kier molecular flexibility index (Phi) is 5.34. The molecule has 4 nitrogen and oxygen atoms in total. The van der Waals surface area contributed by atoms with Crippen LogP contribution in [0.1, 0.15) is 31.5 Å². The van der Waals surface area contributed by atoms with Gasteiger partial charge < -0.3 is 10.4 Å². The fraction of sp³-hybridized carbons (Fsp3) is 0.538. The summed E-state index contributed by atoms with van der Waals surface area (Å²) in [5, 5.41) is 20.8. The van der Waals surface area contributed by atoms with Crippen molar-refractivity contribution in [1.29, 1.82) is 5.26 Å². The number of anilines is 1. The Labute approximate surface area is 115 Å². The number of nitrogens with one attached hydrogen (secondary N) is 1. The number of aromatic nitrogens is 1. The Morgan fingerprint density at radius 2 is 2.05 bits per heavy atom. The van der Waals surface area contributed by atoms with Gasteiger partial charge in [0.15, 0.2) is 0 Å². The van der Waals surface area contributed by atoms with Crippen LogP contribution in [0.2, 0.25) is 0 Å². The summed E-state index contributed by atoms with van der Waals surface area (Å²) in [7, 11) is 0. The lowest BCUT2D eigenvalue weighted by molar-refractivity contribution is -0.141. The van der Waals surface area contributed by atoms with E-state index in [9.17, 15) is 18.3 Å². The van der Waals surface area contributed by atoms with Gasteiger partial charge in [0.2, 0.25) is 0 Å². The van der Waals surface area contributed by atoms with E-state index < -0.39 is 17.9 Å². The molecule has 0 saturated carbocycles. The molecule has 1 aromatic rings. The molecule has 1 heterocycles. The molecule has 1 aromatic heterocycles. The summed E-state index contributed by atoms with van der Waals surface area (Å²) in [6, 6.07) is 3.17. The summed E-state index contributed by atoms with van der Waals surface area (Å²) in [5.41, 5.74) is -1.06. The summed E-state index contributed by atoms with van der Waals surface area (Å²) in [4.78, 5) is 3.44. The van der Waals surface area contributed by atoms with Crippen molar-refractivity contribution in [3.63, 3.8) is 0 Å². The highest BCUT2D eigenvalue weighted by Gasteiger charge is 2.33. The molecule has 0 aliphatic heterocycles. The maximum absolute atomic E-state index is 12.6. The third-order valence-corrected chi connectivity index (χ3v) is 2.62. The van der Waals surface area contributed by atoms with Gasteiger partial charge in [0.1, 0.15) is 17.6 Å². The molecule has 0 bridgehead atoms. The van der Waals surface area contributed by atoms with Gasteiger partial charge in [0, 0.05) is 0 Å². The highest BCUT2D eigenvalue weighted by Crippen LogP contribution is 2.29. The van der Waals surface area contributed by atoms with Crippen LogP contribution in [0.4, 0.5) is 19.0 Å². The fourth-order valence-electron chi connectivity index (χ4n) is 1.76. The lowest BCUT2D eigenvalue weighted by Gasteiger charge is -2.20. The van der Waals surface area contributed by atoms with E-state index in [-0.39, 0.29) is 23.9 Å². The molecule has 20 heavy (non-hydrogen) atoms. The largest absolute Gasteiger partial charge is 0.433 e. The third-order valence-electron chi connectivity index (χ3n) is 2.62. The Morgan fingerprint density at radius 3 is 2.50 bits per heavy atom. The molecule has 0 amide bonds. The zero-order valence-corrected chi connectivity index (χ0v) is 11.2. The fourth-order valence-corrected chi connectivity index (χ4v) is 1.76. The summed E-state index contributed by atoms with van der Waals surface area (Å²) < 4.78 is 37.8. The number of hydrogen-bond acceptors (Lipinski definition) is 4. The lowest BCUT2D eigenvalue weighted by atomic mass is 10.0. The predicted molar refractivity (Wildman–Crippen MR) is 67.9 cm³/mol. The van der Waals surface area contributed by atoms with Crippen molar-refractivity contribution < 1.29 is 18.3 Å². The molecule has 1 atom stereocenters. The molecule has 1 rings (SSSR count). The van der Waals surface area contributed by atoms with Crippen molar-refractivity contribution in [2.24, 2.45) is 5.92 Å². The van der Waals surface area contributed by atoms with Gasteiger partial charge in [-0.2, -0.15) is 18.4 Å². The average Bonchev–Trinajstić information content (AvgIpc) is 2.36. The van der Waals surface area contributed by atoms with E-state index in [0.29, 0.717) is 6.42 Å². The number of aliphatic hydroxyl groups excluding tert-OH is 1. The molecule has 0 aromatic carbocycles. The maximum atomic E-state index is 12.6. The Bertz CT molecular complexity index is 495. The molecule has 0 fully saturated rings. The van der Waals surface area contributed by atoms with Crippen LogP contribution in [0.5, 0.6) is 0 Å². The van der Waals surface area contributed by atoms with Crippen molar-refractivity contribution in [2.45, 2.75) is 32.5 Å². The van der Waals surface area contributed by atoms with Crippen molar-refractivity contribution in [1.82, 2.24) is 4.98 Å². The van der Waals surface area contributed by atoms with E-state index in [2.05, 4.69) is 10.3 Å². The molecule has 0 saturated heterocycles. The minimum atomic E-state index is -4.57. The SMILES string of the molecule is CC(C)CC(CO)Nc1nc(C(F)(F)F)ccc1C#N. The zero-order chi connectivity index (χ0) is 15.3. The summed E-state index contributed by atoms with van der Waals surface area (Å²) in [5.74, 6) is 0.0954. The van der Waals surface area contributed by atoms with Crippen LogP contribution < -0.4 is 5.32 Å². The standard InChI is InChI=1S/C13H16F3N3O/c1-8(2)5-10(7-20)18-12-9(6-17)3-4-11(19-12)13(14,15)16/h3-4,8,10,20H,5,7H2,1-2H3,(H,18,19). The molecule has 0 aliphatic carbocycles. The van der Waals surface area contributed by atoms with E-state index in [1.807, 2.05) is 13.8 Å². The van der Waals surface area contributed by atoms with Gasteiger partial charge >= 0.3 is 6.18 Å². The highest BCUT2D eigenvalue weighted by atomic mass is 19.4. The van der Waals surface area contributed by atoms with Crippen LogP contribution in [0.3, 0.4) is 0 Å². The topological polar surface area (TPSA) is 68.9 Å². The van der Waals surface area contributed by atoms with Crippen molar-refractivity contribution in [3.8, 4) is 6.07 Å². The maximum Gasteiger partial charge on any atom is 0.433 e. The first-order valence-corrected chi connectivity index (χ1v) is 6.13. The predicted octanol–water partition coefficient (Wildman–Crippen LogP) is 2.79. The number of nitrogens with zero attached hydrogens (tertiary/aromatic N) is 2. The lowest BCUT2D eigenvalue weighted by Crippen LogP contribution is -2.27. The number of halogens is 3. The van der Waals surface area contributed by atoms with E-state index in [1.54, 1.807) is 6.07 Å². The van der Waals surface area contributed by atoms with Crippen LogP contribution >= 0.6 is 0 Å². The van der Waals surface area contributed by atoms with Crippen molar-refractivity contribution >= 4 is 5.82 Å². The second-order valence-electron chi connectivity index (χ2n) is 4.86. The first kappa shape index (κ1) is 16.2. The Morgan fingerprint density at radius 1 is 1.40 bits per heavy atom. The monoisotopic (exact) mass is 287 g/mol. The molecular weight excluding hydrogens is 271 g/mol. The third kappa shape index (κ3) is 4.38. The zero-order valence-electron chi connectivity index (χ0n) is 11.2. The van der Waals surface area contributed by atoms with Gasteiger partial charge in [-0.3, -0.25) is 0 Å². The highest BCUT2D eigenvalue weighted by molar-refractivity contribution is 5.53. The number of pyridine rings is 1. The van der Waals surface area contributed by atoms with E-state index in [0.717, 1.165) is 12.1 Å². The van der Waals surface area contributed by atoms with E-state index >= 15 is 0 Å². The molecule has 110 valence electrons. The molecule has 0 radical (unpaired) electrons. The molecule has 0 aliphatic rings. The second-order valence-corrected chi connectivity index (χ2v) is 4.86. The van der Waals surface area contributed by atoms with Crippen LogP contribution in [-0.2, 0) is 6.18 Å². The first-order valence-electron chi connectivity index (χ1n) is 6.13. The molecule has 0 spiro atoms. The summed E-state index contributed by atoms with van der Waals surface area (Å²) in [6.07, 6.45) is -4.02. The summed E-state index contributed by atoms with van der Waals surface area (Å²) in [6.45, 7) is 3.60. The van der Waals surface area contributed by atoms with Gasteiger partial charge in [-0.15, -0.1) is 0 Å². The van der Waals surface area contributed by atoms with Crippen LogP contribution in [-0.4, -0.2) is 22.7 Å². The van der Waals surface area contributed by atoms with Gasteiger partial charge in [-0.05, 0) is 24.5 Å². The van der Waals surface area contributed by atoms with Crippen LogP contribution in [0.25, 0.3) is 0 Å². The second kappa shape index (κ2) is 6.57. The molecule has 2 N–H and O–H groups in total. The minimum absolute atomic E-state index is 0.0141. The van der Waals surface area contributed by atoms with Crippen LogP contribution in [0.15, 0.2) is 12.1 Å². The van der Waals surface area contributed by atoms with E-state index in [1.165, 1.54) is 0 Å². The minimum Gasteiger partial charge on any atom is -0.394 e. The number of nitriles is 1. The number of rotatable bonds is 5. The first-order chi connectivity index (χ1) is 9.27. The average molecular weight is 287 g/mol. The van der Waals surface area contributed by atoms with Gasteiger partial charge in [-0.1, -0.05) is 13.8 Å². The van der Waals surface area contributed by atoms with Gasteiger partial charge in [-0.25, -0.2) is 4.98 Å². The van der Waals surface area contributed by atoms with Gasteiger partial charge in [0.05, 0.1) is 18.2 Å². The quantitative estimate of drug-likeness (QED) is 0.873. The van der Waals surface area contributed by atoms with Gasteiger partial charge in [0.25, 0.3) is 0 Å². The Balaban J connectivity index is 3.05. The molecule has 1 unspecified atom stereocenters. The normalized spacial score (nSPS) is 13.1. The smallest absolute Gasteiger partial charge is 0.394 e. The molecule has 7 heteroatoms. The molecular formula is C13H16F3N3O. The van der Waals surface area contributed by atoms with Crippen LogP contribution in [0, 0.1) is 17.2 Å². The van der Waals surface area contributed by atoms with E-state index in [4.69, 9.17) is 5.26 Å². The number of aliphatic hydroxyl groups is 1. The Hall–Kier alpha value is -1.81. The van der Waals surface area contributed by atoms with Crippen molar-refractivity contribution in [3.05, 3.63) is 23.4 Å². The summed E-state index contributed by atoms with van der Waals surface area (Å²) >= 11 is 0. The number of hydrogen-bond donors (Lipinski definition) is 2.